The van der Waals surface area contributed by atoms with Crippen molar-refractivity contribution in [3.63, 3.8) is 0 Å². The summed E-state index contributed by atoms with van der Waals surface area (Å²) >= 11 is 5.97. The van der Waals surface area contributed by atoms with Gasteiger partial charge in [-0.15, -0.1) is 0 Å². The average molecular weight is 377 g/mol. The molecule has 1 aromatic rings. The van der Waals surface area contributed by atoms with Crippen LogP contribution >= 0.6 is 11.6 Å². The molecule has 2 saturated heterocycles. The lowest BCUT2D eigenvalue weighted by Gasteiger charge is -2.35. The fraction of sp³-hybridized carbons (Fsp3) is 0.500. The number of carbonyl (C=O) groups is 2. The molecule has 5 nitrogen and oxygen atoms in total. The largest absolute Gasteiger partial charge is 0.371 e. The summed E-state index contributed by atoms with van der Waals surface area (Å²) in [5, 5.41) is 3.88. The molecule has 2 amide bonds. The maximum Gasteiger partial charge on any atom is 0.245 e. The third-order valence-electron chi connectivity index (χ3n) is 5.20. The molecule has 0 aromatic heterocycles. The van der Waals surface area contributed by atoms with E-state index in [1.54, 1.807) is 4.90 Å². The maximum absolute atomic E-state index is 12.7. The van der Waals surface area contributed by atoms with Crippen molar-refractivity contribution in [3.8, 4) is 0 Å². The third kappa shape index (κ3) is 4.46. The van der Waals surface area contributed by atoms with Gasteiger partial charge in [-0.1, -0.05) is 30.3 Å². The van der Waals surface area contributed by atoms with E-state index < -0.39 is 0 Å². The molecular weight excluding hydrogens is 352 g/mol. The van der Waals surface area contributed by atoms with E-state index in [0.29, 0.717) is 37.6 Å². The normalized spacial score (nSPS) is 24.1. The third-order valence-corrected chi connectivity index (χ3v) is 5.45. The fourth-order valence-electron chi connectivity index (χ4n) is 3.70. The number of piperidine rings is 1. The Hall–Kier alpha value is -1.85. The molecule has 2 aliphatic heterocycles. The molecule has 6 heteroatoms. The lowest BCUT2D eigenvalue weighted by Crippen LogP contribution is -2.48. The van der Waals surface area contributed by atoms with E-state index in [0.717, 1.165) is 18.4 Å². The van der Waals surface area contributed by atoms with E-state index in [1.807, 2.05) is 24.3 Å². The van der Waals surface area contributed by atoms with Gasteiger partial charge in [-0.05, 0) is 49.5 Å². The smallest absolute Gasteiger partial charge is 0.245 e. The van der Waals surface area contributed by atoms with Crippen molar-refractivity contribution in [3.05, 3.63) is 47.5 Å². The van der Waals surface area contributed by atoms with Crippen LogP contribution in [0.15, 0.2) is 36.9 Å². The van der Waals surface area contributed by atoms with Crippen molar-refractivity contribution < 1.29 is 14.3 Å². The predicted octanol–water partition coefficient (Wildman–Crippen LogP) is 3.10. The molecule has 140 valence electrons. The monoisotopic (exact) mass is 376 g/mol. The van der Waals surface area contributed by atoms with Crippen LogP contribution in [0.2, 0.25) is 5.02 Å². The summed E-state index contributed by atoms with van der Waals surface area (Å²) in [5.41, 5.74) is 1.03. The number of nitrogens with zero attached hydrogens (tertiary/aromatic N) is 1. The van der Waals surface area contributed by atoms with Gasteiger partial charge < -0.3 is 15.0 Å². The van der Waals surface area contributed by atoms with Crippen LogP contribution in [0.3, 0.4) is 0 Å². The van der Waals surface area contributed by atoms with Crippen LogP contribution in [-0.2, 0) is 14.3 Å². The number of hydrogen-bond acceptors (Lipinski definition) is 3. The number of likely N-dealkylation sites (tertiary alicyclic amines) is 1. The molecule has 1 N–H and O–H groups in total. The summed E-state index contributed by atoms with van der Waals surface area (Å²) in [6.45, 7) is 5.42. The SMILES string of the molecule is C=CC(=O)N1CCC(C(=O)N[C@@H]2CCCO[C@H]2c2ccc(Cl)cc2)CC1. The number of rotatable bonds is 4. The molecule has 26 heavy (non-hydrogen) atoms. The van der Waals surface area contributed by atoms with Gasteiger partial charge in [0.2, 0.25) is 11.8 Å². The predicted molar refractivity (Wildman–Crippen MR) is 101 cm³/mol. The summed E-state index contributed by atoms with van der Waals surface area (Å²) in [7, 11) is 0. The highest BCUT2D eigenvalue weighted by atomic mass is 35.5. The Kier molecular flexibility index (Phi) is 6.33. The van der Waals surface area contributed by atoms with Crippen molar-refractivity contribution in [2.24, 2.45) is 5.92 Å². The van der Waals surface area contributed by atoms with Gasteiger partial charge in [0.15, 0.2) is 0 Å². The second-order valence-electron chi connectivity index (χ2n) is 6.90. The molecule has 1 aromatic carbocycles. The number of amides is 2. The first-order valence-corrected chi connectivity index (χ1v) is 9.55. The van der Waals surface area contributed by atoms with Crippen LogP contribution in [0.5, 0.6) is 0 Å². The maximum atomic E-state index is 12.7. The highest BCUT2D eigenvalue weighted by Gasteiger charge is 2.32. The number of carbonyl (C=O) groups excluding carboxylic acids is 2. The highest BCUT2D eigenvalue weighted by Crippen LogP contribution is 2.30. The summed E-state index contributed by atoms with van der Waals surface area (Å²) in [6, 6.07) is 7.57. The number of benzene rings is 1. The van der Waals surface area contributed by atoms with Crippen LogP contribution in [0.25, 0.3) is 0 Å². The number of halogens is 1. The molecular formula is C20H25ClN2O3. The Bertz CT molecular complexity index is 654. The summed E-state index contributed by atoms with van der Waals surface area (Å²) in [6.07, 6.45) is 4.38. The van der Waals surface area contributed by atoms with Crippen molar-refractivity contribution in [1.29, 1.82) is 0 Å². The lowest BCUT2D eigenvalue weighted by molar-refractivity contribution is -0.133. The van der Waals surface area contributed by atoms with Crippen molar-refractivity contribution in [1.82, 2.24) is 10.2 Å². The van der Waals surface area contributed by atoms with Crippen LogP contribution in [0, 0.1) is 5.92 Å². The number of hydrogen-bond donors (Lipinski definition) is 1. The fourth-order valence-corrected chi connectivity index (χ4v) is 3.83. The van der Waals surface area contributed by atoms with E-state index in [4.69, 9.17) is 16.3 Å². The van der Waals surface area contributed by atoms with E-state index in [2.05, 4.69) is 11.9 Å². The first-order valence-electron chi connectivity index (χ1n) is 9.17. The molecule has 2 aliphatic rings. The van der Waals surface area contributed by atoms with Crippen molar-refractivity contribution >= 4 is 23.4 Å². The minimum atomic E-state index is -0.146. The minimum Gasteiger partial charge on any atom is -0.371 e. The van der Waals surface area contributed by atoms with Gasteiger partial charge in [0, 0.05) is 30.6 Å². The van der Waals surface area contributed by atoms with Gasteiger partial charge in [-0.25, -0.2) is 0 Å². The molecule has 2 atom stereocenters. The molecule has 0 saturated carbocycles. The standard InChI is InChI=1S/C20H25ClN2O3/c1-2-18(24)23-11-9-15(10-12-23)20(25)22-17-4-3-13-26-19(17)14-5-7-16(21)8-6-14/h2,5-8,15,17,19H,1,3-4,9-13H2,(H,22,25)/t17-,19+/m1/s1. The lowest BCUT2D eigenvalue weighted by atomic mass is 9.92. The highest BCUT2D eigenvalue weighted by molar-refractivity contribution is 6.30. The summed E-state index contributed by atoms with van der Waals surface area (Å²) in [5.74, 6) is -0.0610. The number of nitrogens with one attached hydrogen (secondary N) is 1. The summed E-state index contributed by atoms with van der Waals surface area (Å²) in [4.78, 5) is 26.1. The quantitative estimate of drug-likeness (QED) is 0.821. The molecule has 3 rings (SSSR count). The average Bonchev–Trinajstić information content (AvgIpc) is 2.68. The molecule has 0 unspecified atom stereocenters. The van der Waals surface area contributed by atoms with Crippen LogP contribution < -0.4 is 5.32 Å². The zero-order valence-electron chi connectivity index (χ0n) is 14.8. The molecule has 2 fully saturated rings. The van der Waals surface area contributed by atoms with Crippen molar-refractivity contribution in [2.45, 2.75) is 37.8 Å². The second-order valence-corrected chi connectivity index (χ2v) is 7.34. The first-order chi connectivity index (χ1) is 12.6. The Morgan fingerprint density at radius 3 is 2.54 bits per heavy atom. The second kappa shape index (κ2) is 8.69. The van der Waals surface area contributed by atoms with E-state index in [9.17, 15) is 9.59 Å². The molecule has 0 bridgehead atoms. The Balaban J connectivity index is 1.59. The van der Waals surface area contributed by atoms with Gasteiger partial charge in [0.25, 0.3) is 0 Å². The molecule has 0 aliphatic carbocycles. The minimum absolute atomic E-state index is 0.0368. The van der Waals surface area contributed by atoms with Crippen LogP contribution in [-0.4, -0.2) is 42.5 Å². The van der Waals surface area contributed by atoms with E-state index in [-0.39, 0.29) is 29.9 Å². The first kappa shape index (κ1) is 18.9. The van der Waals surface area contributed by atoms with Gasteiger partial charge >= 0.3 is 0 Å². The molecule has 0 radical (unpaired) electrons. The Morgan fingerprint density at radius 1 is 1.19 bits per heavy atom. The van der Waals surface area contributed by atoms with Crippen molar-refractivity contribution in [2.75, 3.05) is 19.7 Å². The molecule has 0 spiro atoms. The molecule has 2 heterocycles. The van der Waals surface area contributed by atoms with E-state index in [1.165, 1.54) is 6.08 Å². The van der Waals surface area contributed by atoms with E-state index >= 15 is 0 Å². The zero-order valence-corrected chi connectivity index (χ0v) is 15.6. The summed E-state index contributed by atoms with van der Waals surface area (Å²) < 4.78 is 5.95. The number of ether oxygens (including phenoxy) is 1. The van der Waals surface area contributed by atoms with Crippen LogP contribution in [0.1, 0.15) is 37.4 Å². The Morgan fingerprint density at radius 2 is 1.88 bits per heavy atom. The van der Waals surface area contributed by atoms with Gasteiger partial charge in [0.05, 0.1) is 6.04 Å². The van der Waals surface area contributed by atoms with Gasteiger partial charge in [0.1, 0.15) is 6.10 Å². The topological polar surface area (TPSA) is 58.6 Å². The van der Waals surface area contributed by atoms with Gasteiger partial charge in [-0.3, -0.25) is 9.59 Å². The zero-order chi connectivity index (χ0) is 18.5. The Labute approximate surface area is 159 Å². The van der Waals surface area contributed by atoms with Crippen LogP contribution in [0.4, 0.5) is 0 Å². The van der Waals surface area contributed by atoms with Gasteiger partial charge in [-0.2, -0.15) is 0 Å².